The molecule has 0 fully saturated rings. The van der Waals surface area contributed by atoms with Crippen molar-refractivity contribution in [3.8, 4) is 0 Å². The molecule has 3 nitrogen and oxygen atoms in total. The Morgan fingerprint density at radius 1 is 1.00 bits per heavy atom. The van der Waals surface area contributed by atoms with Crippen LogP contribution in [-0.2, 0) is 0 Å². The Balaban J connectivity index is -0.00000000167. The van der Waals surface area contributed by atoms with E-state index in [2.05, 4.69) is 0 Å². The highest BCUT2D eigenvalue weighted by Crippen LogP contribution is 0.626. The topological polar surface area (TPSA) is 96.8 Å². The first-order valence-corrected chi connectivity index (χ1v) is 0.224. The zero-order chi connectivity index (χ0) is 2.00. The minimum absolute atomic E-state index is 0. The number of quaternary nitrogens is 2. The maximum atomic E-state index is 6.25. The average molecular weight is 97.5 g/mol. The van der Waals surface area contributed by atoms with Crippen LogP contribution in [0.1, 0.15) is 0 Å². The van der Waals surface area contributed by atoms with E-state index in [9.17, 15) is 0 Å². The van der Waals surface area contributed by atoms with Gasteiger partial charge >= 0.3 is 0 Å². The first kappa shape index (κ1) is 131. The van der Waals surface area contributed by atoms with E-state index in [-0.39, 0.29) is 24.7 Å². The lowest BCUT2D eigenvalue weighted by Gasteiger charge is -1.08. The van der Waals surface area contributed by atoms with E-state index in [4.69, 9.17) is 11.8 Å². The fourth-order valence-corrected chi connectivity index (χ4v) is 0. The third-order valence-corrected chi connectivity index (χ3v) is 0. The predicted molar refractivity (Wildman–Crippen MR) is 16.9 cm³/mol. The molecule has 0 saturated carbocycles. The summed E-state index contributed by atoms with van der Waals surface area (Å²) in [6.45, 7) is 4.75. The van der Waals surface area contributed by atoms with Gasteiger partial charge in [-0.2, -0.15) is 0 Å². The second-order valence-corrected chi connectivity index (χ2v) is 0. The van der Waals surface area contributed by atoms with E-state index >= 15 is 0 Å². The van der Waals surface area contributed by atoms with Crippen LogP contribution >= 0.6 is 0 Å². The third-order valence-electron chi connectivity index (χ3n) is 0. The van der Waals surface area contributed by atoms with Gasteiger partial charge in [0.05, 0.1) is 0 Å². The van der Waals surface area contributed by atoms with Crippen LogP contribution in [0.25, 0.3) is 0 Å². The highest BCUT2D eigenvalue weighted by molar-refractivity contribution is 3.44. The van der Waals surface area contributed by atoms with Crippen LogP contribution < -0.4 is 24.7 Å². The van der Waals surface area contributed by atoms with Crippen LogP contribution in [0, 0.1) is 11.8 Å². The smallest absolute Gasteiger partial charge is 0.369 e. The van der Waals surface area contributed by atoms with Crippen molar-refractivity contribution in [2.75, 3.05) is 0 Å². The van der Waals surface area contributed by atoms with Gasteiger partial charge in [-0.3, -0.25) is 0 Å². The Labute approximate surface area is 37.6 Å². The first-order valence-electron chi connectivity index (χ1n) is 0.224. The minimum Gasteiger partial charge on any atom is -1.00 e. The summed E-state index contributed by atoms with van der Waals surface area (Å²) in [6, 6.07) is 0. The van der Waals surface area contributed by atoms with Crippen molar-refractivity contribution in [3.05, 3.63) is 6.57 Å². The van der Waals surface area contributed by atoms with Crippen molar-refractivity contribution in [3.63, 3.8) is 0 Å². The number of hydrogen-bond donors (Lipinski definition) is 2. The molecule has 0 aromatic carbocycles. The second-order valence-electron chi connectivity index (χ2n) is 0. The zero-order valence-electron chi connectivity index (χ0n) is 3.33. The average Bonchev–Trinajstić information content (AvgIpc) is 1.00. The first-order chi connectivity index (χ1) is 1.00. The molecule has 0 saturated heterocycles. The van der Waals surface area contributed by atoms with E-state index in [1.54, 1.807) is 0 Å². The van der Waals surface area contributed by atoms with Gasteiger partial charge in [0.15, 0.2) is 0 Å². The molecule has 0 bridgehead atoms. The van der Waals surface area contributed by atoms with Gasteiger partial charge in [-0.1, -0.05) is 0 Å². The number of rotatable bonds is 0. The Kier molecular flexibility index (Phi) is 7870. The Hall–Kier alpha value is -0.300. The summed E-state index contributed by atoms with van der Waals surface area (Å²) in [4.78, 5) is 0. The van der Waals surface area contributed by atoms with Crippen molar-refractivity contribution in [1.82, 2.24) is 12.3 Å². The highest BCUT2D eigenvalue weighted by atomic mass is 35.5. The van der Waals surface area contributed by atoms with Gasteiger partial charge in [-0.25, -0.2) is 0 Å². The number of nitrogens with zero attached hydrogens (tertiary/aromatic N) is 1. The molecule has 0 amide bonds. The quantitative estimate of drug-likeness (QED) is 0.331. The van der Waals surface area contributed by atoms with Crippen molar-refractivity contribution in [1.29, 1.82) is 5.26 Å². The van der Waals surface area contributed by atoms with Crippen molar-refractivity contribution < 1.29 is 12.4 Å². The van der Waals surface area contributed by atoms with Crippen molar-refractivity contribution in [2.45, 2.75) is 0 Å². The Bertz CT molecular complexity index is 11.6. The monoisotopic (exact) mass is 97.0 g/mol. The SMILES string of the molecule is [C-]#N.[Cl-].[NH4+].[NH4+]. The normalized spacial score (nSPS) is 0.400. The van der Waals surface area contributed by atoms with Crippen LogP contribution in [0.3, 0.4) is 0 Å². The van der Waals surface area contributed by atoms with Gasteiger partial charge in [0, 0.05) is 0 Å². The summed E-state index contributed by atoms with van der Waals surface area (Å²) >= 11 is 0. The molecule has 0 rings (SSSR count). The summed E-state index contributed by atoms with van der Waals surface area (Å²) in [6.07, 6.45) is 0. The maximum absolute atomic E-state index is 6.25. The summed E-state index contributed by atoms with van der Waals surface area (Å²) in [5, 5.41) is 6.25. The fraction of sp³-hybridized carbons (Fsp3) is 0. The zero-order valence-corrected chi connectivity index (χ0v) is 4.08. The van der Waals surface area contributed by atoms with E-state index in [1.165, 1.54) is 0 Å². The molecular formula is CH8ClN3. The highest BCUT2D eigenvalue weighted by Gasteiger charge is 0.0775. The summed E-state index contributed by atoms with van der Waals surface area (Å²) in [5.41, 5.74) is 0. The molecule has 34 valence electrons. The third kappa shape index (κ3) is 119. The molecule has 0 heterocycles. The molecule has 8 N–H and O–H groups in total. The molecule has 0 atom stereocenters. The van der Waals surface area contributed by atoms with Crippen LogP contribution in [-0.4, -0.2) is 0 Å². The van der Waals surface area contributed by atoms with Gasteiger partial charge in [0.1, 0.15) is 0 Å². The Morgan fingerprint density at radius 3 is 1.00 bits per heavy atom. The predicted octanol–water partition coefficient (Wildman–Crippen LogP) is -2.15. The molecule has 5 heavy (non-hydrogen) atoms. The number of hydrogen-bond acceptors (Lipinski definition) is 1. The van der Waals surface area contributed by atoms with Crippen LogP contribution in [0.4, 0.5) is 0 Å². The summed E-state index contributed by atoms with van der Waals surface area (Å²) < 4.78 is 0. The molecular weight excluding hydrogens is 89.5 g/mol. The van der Waals surface area contributed by atoms with E-state index in [0.717, 1.165) is 0 Å². The summed E-state index contributed by atoms with van der Waals surface area (Å²) in [7, 11) is 0. The van der Waals surface area contributed by atoms with Gasteiger partial charge in [0.25, 0.3) is 0 Å². The van der Waals surface area contributed by atoms with Gasteiger partial charge < -0.3 is 36.5 Å². The molecule has 0 aliphatic heterocycles. The fourth-order valence-electron chi connectivity index (χ4n) is 0. The number of halogens is 1. The van der Waals surface area contributed by atoms with Gasteiger partial charge in [-0.05, 0) is 0 Å². The molecule has 0 aliphatic rings. The van der Waals surface area contributed by atoms with Crippen LogP contribution in [0.5, 0.6) is 0 Å². The van der Waals surface area contributed by atoms with Crippen LogP contribution in [0.2, 0.25) is 0 Å². The lowest BCUT2D eigenvalue weighted by Crippen LogP contribution is -3.00. The lowest BCUT2D eigenvalue weighted by atomic mass is 11.9. The minimum atomic E-state index is 0. The molecule has 0 aliphatic carbocycles. The molecule has 4 heteroatoms. The van der Waals surface area contributed by atoms with Gasteiger partial charge in [0.2, 0.25) is 0 Å². The summed E-state index contributed by atoms with van der Waals surface area (Å²) in [5.74, 6) is 0. The molecule has 0 radical (unpaired) electrons. The van der Waals surface area contributed by atoms with Gasteiger partial charge in [-0.15, -0.1) is 0 Å². The lowest BCUT2D eigenvalue weighted by molar-refractivity contribution is -0.00000166. The van der Waals surface area contributed by atoms with Crippen molar-refractivity contribution in [2.24, 2.45) is 0 Å². The standard InChI is InChI=1S/CN.ClH.2H3N/c1-2;;;/h;1H;2*1H3/q-1;;;/p+1. The molecule has 0 aromatic heterocycles. The molecule has 0 spiro atoms. The maximum Gasteiger partial charge on any atom is -0.369 e. The van der Waals surface area contributed by atoms with Crippen LogP contribution in [0.15, 0.2) is 0 Å². The van der Waals surface area contributed by atoms with E-state index in [1.807, 2.05) is 0 Å². The second kappa shape index (κ2) is 300. The Morgan fingerprint density at radius 2 is 1.00 bits per heavy atom. The molecule has 0 aromatic rings. The van der Waals surface area contributed by atoms with E-state index in [0.29, 0.717) is 0 Å². The largest absolute Gasteiger partial charge is 1.00 e. The van der Waals surface area contributed by atoms with E-state index < -0.39 is 0 Å². The molecule has 0 unspecified atom stereocenters. The van der Waals surface area contributed by atoms with Crippen molar-refractivity contribution >= 4 is 0 Å².